The zero-order chi connectivity index (χ0) is 9.84. The molecule has 72 valence electrons. The lowest BCUT2D eigenvalue weighted by Crippen LogP contribution is -2.06. The first kappa shape index (κ1) is 10.3. The second-order valence-electron chi connectivity index (χ2n) is 2.80. The Bertz CT molecular complexity index is 291. The van der Waals surface area contributed by atoms with Crippen molar-refractivity contribution >= 4 is 11.6 Å². The quantitative estimate of drug-likeness (QED) is 0.693. The molecule has 0 heterocycles. The molecule has 1 atom stereocenters. The van der Waals surface area contributed by atoms with Crippen LogP contribution in [0.2, 0.25) is 5.02 Å². The molecule has 0 unspecified atom stereocenters. The molecule has 4 heteroatoms. The third-order valence-electron chi connectivity index (χ3n) is 1.79. The van der Waals surface area contributed by atoms with Gasteiger partial charge in [0.05, 0.1) is 6.10 Å². The van der Waals surface area contributed by atoms with E-state index in [4.69, 9.17) is 17.3 Å². The minimum atomic E-state index is -0.720. The van der Waals surface area contributed by atoms with Crippen molar-refractivity contribution in [1.82, 2.24) is 0 Å². The van der Waals surface area contributed by atoms with Crippen LogP contribution in [0.25, 0.3) is 0 Å². The first-order valence-corrected chi connectivity index (χ1v) is 4.39. The molecule has 0 aromatic heterocycles. The minimum Gasteiger partial charge on any atom is -0.508 e. The molecule has 0 saturated heterocycles. The van der Waals surface area contributed by atoms with Gasteiger partial charge < -0.3 is 15.9 Å². The van der Waals surface area contributed by atoms with Gasteiger partial charge in [-0.2, -0.15) is 0 Å². The summed E-state index contributed by atoms with van der Waals surface area (Å²) in [6, 6.07) is 4.62. The van der Waals surface area contributed by atoms with Gasteiger partial charge in [0, 0.05) is 10.6 Å². The lowest BCUT2D eigenvalue weighted by Gasteiger charge is -2.11. The highest BCUT2D eigenvalue weighted by molar-refractivity contribution is 6.30. The zero-order valence-electron chi connectivity index (χ0n) is 7.07. The molecule has 1 aromatic rings. The number of phenolic OH excluding ortho intramolecular Hbond substituents is 1. The lowest BCUT2D eigenvalue weighted by atomic mass is 10.1. The maximum atomic E-state index is 9.51. The van der Waals surface area contributed by atoms with Crippen LogP contribution >= 0.6 is 11.6 Å². The van der Waals surface area contributed by atoms with Crippen LogP contribution < -0.4 is 5.73 Å². The number of hydrogen-bond acceptors (Lipinski definition) is 3. The van der Waals surface area contributed by atoms with Crippen LogP contribution in [0.15, 0.2) is 18.2 Å². The summed E-state index contributed by atoms with van der Waals surface area (Å²) in [6.45, 7) is 0.378. The SMILES string of the molecule is NCC[C@@H](O)c1ccc(Cl)cc1O. The Kier molecular flexibility index (Phi) is 3.54. The second-order valence-corrected chi connectivity index (χ2v) is 3.23. The summed E-state index contributed by atoms with van der Waals surface area (Å²) in [7, 11) is 0. The molecule has 0 aliphatic rings. The van der Waals surface area contributed by atoms with Gasteiger partial charge in [0.2, 0.25) is 0 Å². The van der Waals surface area contributed by atoms with Gasteiger partial charge in [-0.15, -0.1) is 0 Å². The largest absolute Gasteiger partial charge is 0.508 e. The van der Waals surface area contributed by atoms with Crippen LogP contribution in [0, 0.1) is 0 Å². The highest BCUT2D eigenvalue weighted by Crippen LogP contribution is 2.28. The van der Waals surface area contributed by atoms with E-state index < -0.39 is 6.10 Å². The molecule has 0 radical (unpaired) electrons. The topological polar surface area (TPSA) is 66.5 Å². The summed E-state index contributed by atoms with van der Waals surface area (Å²) >= 11 is 5.63. The summed E-state index contributed by atoms with van der Waals surface area (Å²) in [6.07, 6.45) is -0.294. The number of nitrogens with two attached hydrogens (primary N) is 1. The Morgan fingerprint density at radius 1 is 1.46 bits per heavy atom. The van der Waals surface area contributed by atoms with Gasteiger partial charge in [0.1, 0.15) is 5.75 Å². The Hall–Kier alpha value is -0.770. The fourth-order valence-electron chi connectivity index (χ4n) is 1.11. The van der Waals surface area contributed by atoms with Crippen molar-refractivity contribution in [2.24, 2.45) is 5.73 Å². The Balaban J connectivity index is 2.88. The number of aliphatic hydroxyl groups is 1. The molecule has 1 rings (SSSR count). The Labute approximate surface area is 81.8 Å². The molecule has 0 aliphatic heterocycles. The van der Waals surface area contributed by atoms with Gasteiger partial charge in [-0.25, -0.2) is 0 Å². The fourth-order valence-corrected chi connectivity index (χ4v) is 1.28. The van der Waals surface area contributed by atoms with Crippen LogP contribution in [0.5, 0.6) is 5.75 Å². The van der Waals surface area contributed by atoms with E-state index in [1.165, 1.54) is 6.07 Å². The molecule has 0 bridgehead atoms. The van der Waals surface area contributed by atoms with Gasteiger partial charge in [-0.3, -0.25) is 0 Å². The molecule has 0 aliphatic carbocycles. The molecule has 3 nitrogen and oxygen atoms in total. The van der Waals surface area contributed by atoms with Crippen molar-refractivity contribution in [3.8, 4) is 5.75 Å². The van der Waals surface area contributed by atoms with E-state index in [-0.39, 0.29) is 5.75 Å². The van der Waals surface area contributed by atoms with E-state index in [2.05, 4.69) is 0 Å². The van der Waals surface area contributed by atoms with Crippen molar-refractivity contribution in [1.29, 1.82) is 0 Å². The third kappa shape index (κ3) is 2.59. The van der Waals surface area contributed by atoms with Crippen molar-refractivity contribution in [3.63, 3.8) is 0 Å². The maximum Gasteiger partial charge on any atom is 0.122 e. The molecule has 4 N–H and O–H groups in total. The molecule has 1 aromatic carbocycles. The van der Waals surface area contributed by atoms with Crippen molar-refractivity contribution < 1.29 is 10.2 Å². The number of hydrogen-bond donors (Lipinski definition) is 3. The summed E-state index contributed by atoms with van der Waals surface area (Å²) in [5.41, 5.74) is 5.75. The molecular formula is C9H12ClNO2. The normalized spacial score (nSPS) is 12.8. The highest BCUT2D eigenvalue weighted by atomic mass is 35.5. The summed E-state index contributed by atoms with van der Waals surface area (Å²) < 4.78 is 0. The van der Waals surface area contributed by atoms with Gasteiger partial charge in [-0.05, 0) is 25.1 Å². The van der Waals surface area contributed by atoms with E-state index in [0.717, 1.165) is 0 Å². The van der Waals surface area contributed by atoms with E-state index in [1.54, 1.807) is 12.1 Å². The zero-order valence-corrected chi connectivity index (χ0v) is 7.83. The number of aliphatic hydroxyl groups excluding tert-OH is 1. The summed E-state index contributed by atoms with van der Waals surface area (Å²) in [5, 5.41) is 19.4. The third-order valence-corrected chi connectivity index (χ3v) is 2.03. The number of rotatable bonds is 3. The standard InChI is InChI=1S/C9H12ClNO2/c10-6-1-2-7(9(13)5-6)8(12)3-4-11/h1-2,5,8,12-13H,3-4,11H2/t8-/m1/s1. The van der Waals surface area contributed by atoms with Crippen molar-refractivity contribution in [3.05, 3.63) is 28.8 Å². The molecular weight excluding hydrogens is 190 g/mol. The van der Waals surface area contributed by atoms with Gasteiger partial charge in [0.25, 0.3) is 0 Å². The van der Waals surface area contributed by atoms with Crippen molar-refractivity contribution in [2.45, 2.75) is 12.5 Å². The van der Waals surface area contributed by atoms with Gasteiger partial charge in [0.15, 0.2) is 0 Å². The van der Waals surface area contributed by atoms with Gasteiger partial charge in [-0.1, -0.05) is 17.7 Å². The van der Waals surface area contributed by atoms with E-state index in [0.29, 0.717) is 23.6 Å². The second kappa shape index (κ2) is 4.46. The molecule has 13 heavy (non-hydrogen) atoms. The summed E-state index contributed by atoms with van der Waals surface area (Å²) in [5.74, 6) is 0.00782. The number of aromatic hydroxyl groups is 1. The Morgan fingerprint density at radius 3 is 2.69 bits per heavy atom. The van der Waals surface area contributed by atoms with E-state index >= 15 is 0 Å². The summed E-state index contributed by atoms with van der Waals surface area (Å²) in [4.78, 5) is 0. The molecule has 0 amide bonds. The Morgan fingerprint density at radius 2 is 2.15 bits per heavy atom. The van der Waals surface area contributed by atoms with Crippen LogP contribution in [-0.4, -0.2) is 16.8 Å². The number of halogens is 1. The smallest absolute Gasteiger partial charge is 0.122 e. The van der Waals surface area contributed by atoms with Crippen LogP contribution in [-0.2, 0) is 0 Å². The van der Waals surface area contributed by atoms with E-state index in [1.807, 2.05) is 0 Å². The van der Waals surface area contributed by atoms with Gasteiger partial charge >= 0.3 is 0 Å². The number of benzene rings is 1. The van der Waals surface area contributed by atoms with Crippen LogP contribution in [0.3, 0.4) is 0 Å². The molecule has 0 fully saturated rings. The maximum absolute atomic E-state index is 9.51. The predicted octanol–water partition coefficient (Wildman–Crippen LogP) is 1.43. The monoisotopic (exact) mass is 201 g/mol. The van der Waals surface area contributed by atoms with Crippen LogP contribution in [0.1, 0.15) is 18.1 Å². The fraction of sp³-hybridized carbons (Fsp3) is 0.333. The van der Waals surface area contributed by atoms with Crippen LogP contribution in [0.4, 0.5) is 0 Å². The first-order chi connectivity index (χ1) is 6.15. The van der Waals surface area contributed by atoms with Crippen molar-refractivity contribution in [2.75, 3.05) is 6.54 Å². The lowest BCUT2D eigenvalue weighted by molar-refractivity contribution is 0.166. The first-order valence-electron chi connectivity index (χ1n) is 4.01. The minimum absolute atomic E-state index is 0.00782. The number of phenols is 1. The highest BCUT2D eigenvalue weighted by Gasteiger charge is 2.10. The predicted molar refractivity (Wildman–Crippen MR) is 51.7 cm³/mol. The average molecular weight is 202 g/mol. The molecule has 0 spiro atoms. The molecule has 0 saturated carbocycles. The average Bonchev–Trinajstić information content (AvgIpc) is 2.04. The van der Waals surface area contributed by atoms with E-state index in [9.17, 15) is 10.2 Å².